The summed E-state index contributed by atoms with van der Waals surface area (Å²) in [7, 11) is -4.19. The van der Waals surface area contributed by atoms with Gasteiger partial charge in [0.15, 0.2) is 5.78 Å². The minimum Gasteiger partial charge on any atom is -0.403 e. The summed E-state index contributed by atoms with van der Waals surface area (Å²) in [5.41, 5.74) is 4.27. The van der Waals surface area contributed by atoms with Gasteiger partial charge in [-0.15, -0.1) is 0 Å². The lowest BCUT2D eigenvalue weighted by molar-refractivity contribution is 0.103. The van der Waals surface area contributed by atoms with Crippen LogP contribution < -0.4 is 9.42 Å². The molecule has 0 amide bonds. The molecule has 0 saturated carbocycles. The van der Waals surface area contributed by atoms with Crippen LogP contribution in [-0.2, 0) is 31.6 Å². The smallest absolute Gasteiger partial charge is 0.403 e. The largest absolute Gasteiger partial charge is 0.530 e. The molecule has 5 rings (SSSR count). The topological polar surface area (TPSA) is 74.3 Å². The molecule has 0 bridgehead atoms. The van der Waals surface area contributed by atoms with Crippen LogP contribution in [0.15, 0.2) is 103 Å². The standard InChI is InChI=1S/C32H32NO6P/c1-25-12-14-28(15-13-25)32(34)30-17-16-29(33-18-20-36-21-19-33)22-31(30)39-40(35,37-23-26-8-4-2-5-9-26)38-24-27-10-6-3-7-11-27/h2-17,22H,18-21,23-24H2,1H3. The molecule has 4 aromatic carbocycles. The van der Waals surface area contributed by atoms with Crippen LogP contribution in [-0.4, -0.2) is 32.1 Å². The SMILES string of the molecule is Cc1ccc(C(=O)c2ccc(N3CCOCC3)cc2OP(=O)(OCc2ccccc2)OCc2ccccc2)cc1. The van der Waals surface area contributed by atoms with Gasteiger partial charge in [0, 0.05) is 30.4 Å². The number of rotatable bonds is 11. The number of ether oxygens (including phenoxy) is 1. The number of benzene rings is 4. The van der Waals surface area contributed by atoms with Gasteiger partial charge in [0.25, 0.3) is 0 Å². The Kier molecular flexibility index (Phi) is 9.09. The number of nitrogens with zero attached hydrogens (tertiary/aromatic N) is 1. The summed E-state index contributed by atoms with van der Waals surface area (Å²) in [4.78, 5) is 15.8. The maximum absolute atomic E-state index is 14.2. The highest BCUT2D eigenvalue weighted by Gasteiger charge is 2.32. The number of hydrogen-bond acceptors (Lipinski definition) is 7. The molecule has 1 aliphatic rings. The first-order chi connectivity index (χ1) is 19.5. The van der Waals surface area contributed by atoms with Gasteiger partial charge in [0.2, 0.25) is 0 Å². The summed E-state index contributed by atoms with van der Waals surface area (Å²) in [6, 6.07) is 31.4. The van der Waals surface area contributed by atoms with Crippen molar-refractivity contribution in [3.05, 3.63) is 131 Å². The fraction of sp³-hybridized carbons (Fsp3) is 0.219. The van der Waals surface area contributed by atoms with Gasteiger partial charge in [-0.2, -0.15) is 0 Å². The van der Waals surface area contributed by atoms with Gasteiger partial charge in [-0.05, 0) is 30.2 Å². The minimum absolute atomic E-state index is 0.0112. The number of carbonyl (C=O) groups excluding carboxylic acids is 1. The molecule has 0 N–H and O–H groups in total. The van der Waals surface area contributed by atoms with Crippen molar-refractivity contribution in [1.29, 1.82) is 0 Å². The third kappa shape index (κ3) is 7.26. The Balaban J connectivity index is 1.49. The van der Waals surface area contributed by atoms with Crippen molar-refractivity contribution < 1.29 is 27.7 Å². The normalized spacial score (nSPS) is 13.7. The third-order valence-electron chi connectivity index (χ3n) is 6.57. The summed E-state index contributed by atoms with van der Waals surface area (Å²) >= 11 is 0. The minimum atomic E-state index is -4.19. The van der Waals surface area contributed by atoms with Crippen molar-refractivity contribution in [2.24, 2.45) is 0 Å². The number of anilines is 1. The summed E-state index contributed by atoms with van der Waals surface area (Å²) in [6.45, 7) is 4.56. The Morgan fingerprint density at radius 2 is 1.38 bits per heavy atom. The number of phosphoric ester groups is 1. The van der Waals surface area contributed by atoms with Crippen LogP contribution in [0.5, 0.6) is 5.75 Å². The Morgan fingerprint density at radius 3 is 1.95 bits per heavy atom. The summed E-state index contributed by atoms with van der Waals surface area (Å²) in [5, 5.41) is 0. The molecule has 1 saturated heterocycles. The molecule has 1 fully saturated rings. The molecule has 0 aliphatic carbocycles. The fourth-order valence-corrected chi connectivity index (χ4v) is 5.51. The van der Waals surface area contributed by atoms with Crippen LogP contribution >= 0.6 is 7.82 Å². The Labute approximate surface area is 234 Å². The average Bonchev–Trinajstić information content (AvgIpc) is 3.01. The highest BCUT2D eigenvalue weighted by molar-refractivity contribution is 7.48. The van der Waals surface area contributed by atoms with Gasteiger partial charge in [-0.3, -0.25) is 13.8 Å². The van der Waals surface area contributed by atoms with E-state index in [1.165, 1.54) is 0 Å². The predicted molar refractivity (Wildman–Crippen MR) is 155 cm³/mol. The van der Waals surface area contributed by atoms with E-state index in [2.05, 4.69) is 4.90 Å². The molecule has 206 valence electrons. The van der Waals surface area contributed by atoms with Crippen LogP contribution in [0.1, 0.15) is 32.6 Å². The second-order valence-electron chi connectivity index (χ2n) is 9.53. The number of ketones is 1. The molecule has 8 heteroatoms. The van der Waals surface area contributed by atoms with E-state index in [1.54, 1.807) is 24.3 Å². The highest BCUT2D eigenvalue weighted by Crippen LogP contribution is 2.52. The first kappa shape index (κ1) is 27.8. The lowest BCUT2D eigenvalue weighted by Crippen LogP contribution is -2.36. The lowest BCUT2D eigenvalue weighted by atomic mass is 10.0. The van der Waals surface area contributed by atoms with Crippen molar-refractivity contribution >= 4 is 19.3 Å². The van der Waals surface area contributed by atoms with Crippen LogP contribution in [0, 0.1) is 6.92 Å². The van der Waals surface area contributed by atoms with Gasteiger partial charge < -0.3 is 14.2 Å². The first-order valence-corrected chi connectivity index (χ1v) is 14.7. The van der Waals surface area contributed by atoms with Crippen molar-refractivity contribution in [3.63, 3.8) is 0 Å². The van der Waals surface area contributed by atoms with Gasteiger partial charge in [0.1, 0.15) is 5.75 Å². The Hall–Kier alpha value is -3.74. The van der Waals surface area contributed by atoms with Crippen molar-refractivity contribution in [1.82, 2.24) is 0 Å². The maximum Gasteiger partial charge on any atom is 0.530 e. The van der Waals surface area contributed by atoms with E-state index < -0.39 is 7.82 Å². The molecule has 0 aromatic heterocycles. The molecule has 0 atom stereocenters. The zero-order chi connectivity index (χ0) is 27.8. The molecule has 40 heavy (non-hydrogen) atoms. The van der Waals surface area contributed by atoms with E-state index >= 15 is 0 Å². The molecular weight excluding hydrogens is 525 g/mol. The quantitative estimate of drug-likeness (QED) is 0.145. The number of hydrogen-bond donors (Lipinski definition) is 0. The molecule has 7 nitrogen and oxygen atoms in total. The summed E-state index contributed by atoms with van der Waals surface area (Å²) in [5.74, 6) is -0.111. The van der Waals surface area contributed by atoms with Gasteiger partial charge in [-0.25, -0.2) is 4.57 Å². The van der Waals surface area contributed by atoms with Crippen LogP contribution in [0.3, 0.4) is 0 Å². The summed E-state index contributed by atoms with van der Waals surface area (Å²) in [6.07, 6.45) is 0. The zero-order valence-electron chi connectivity index (χ0n) is 22.4. The van der Waals surface area contributed by atoms with E-state index in [0.29, 0.717) is 31.9 Å². The van der Waals surface area contributed by atoms with Crippen molar-refractivity contribution in [3.8, 4) is 5.75 Å². The lowest BCUT2D eigenvalue weighted by Gasteiger charge is -2.29. The number of aryl methyl sites for hydroxylation is 1. The number of carbonyl (C=O) groups is 1. The second-order valence-corrected chi connectivity index (χ2v) is 11.1. The van der Waals surface area contributed by atoms with Crippen molar-refractivity contribution in [2.75, 3.05) is 31.2 Å². The fourth-order valence-electron chi connectivity index (χ4n) is 4.32. The Morgan fingerprint density at radius 1 is 0.800 bits per heavy atom. The first-order valence-electron chi connectivity index (χ1n) is 13.2. The summed E-state index contributed by atoms with van der Waals surface area (Å²) < 4.78 is 37.5. The average molecular weight is 558 g/mol. The Bertz CT molecular complexity index is 1410. The van der Waals surface area contributed by atoms with Gasteiger partial charge in [-0.1, -0.05) is 90.5 Å². The molecule has 0 unspecified atom stereocenters. The van der Waals surface area contributed by atoms with Crippen LogP contribution in [0.2, 0.25) is 0 Å². The zero-order valence-corrected chi connectivity index (χ0v) is 23.3. The highest BCUT2D eigenvalue weighted by atomic mass is 31.2. The van der Waals surface area contributed by atoms with Crippen LogP contribution in [0.4, 0.5) is 5.69 Å². The molecular formula is C32H32NO6P. The van der Waals surface area contributed by atoms with E-state index in [0.717, 1.165) is 22.4 Å². The molecule has 4 aromatic rings. The number of morpholine rings is 1. The van der Waals surface area contributed by atoms with E-state index in [-0.39, 0.29) is 30.3 Å². The maximum atomic E-state index is 14.2. The monoisotopic (exact) mass is 557 g/mol. The molecule has 1 heterocycles. The van der Waals surface area contributed by atoms with Gasteiger partial charge >= 0.3 is 7.82 Å². The van der Waals surface area contributed by atoms with E-state index in [4.69, 9.17) is 18.3 Å². The van der Waals surface area contributed by atoms with E-state index in [1.807, 2.05) is 85.8 Å². The molecule has 0 spiro atoms. The second kappa shape index (κ2) is 13.1. The van der Waals surface area contributed by atoms with Crippen molar-refractivity contribution in [2.45, 2.75) is 20.1 Å². The third-order valence-corrected chi connectivity index (χ3v) is 7.89. The molecule has 1 aliphatic heterocycles. The number of phosphoric acid groups is 1. The van der Waals surface area contributed by atoms with Crippen LogP contribution in [0.25, 0.3) is 0 Å². The predicted octanol–water partition coefficient (Wildman–Crippen LogP) is 6.98. The van der Waals surface area contributed by atoms with E-state index in [9.17, 15) is 9.36 Å². The molecule has 0 radical (unpaired) electrons. The van der Waals surface area contributed by atoms with Gasteiger partial charge in [0.05, 0.1) is 32.0 Å².